The Morgan fingerprint density at radius 1 is 0.872 bits per heavy atom. The Balaban J connectivity index is 1.08. The van der Waals surface area contributed by atoms with Crippen LogP contribution in [0.5, 0.6) is 5.75 Å². The van der Waals surface area contributed by atoms with Crippen LogP contribution in [-0.4, -0.2) is 29.0 Å². The van der Waals surface area contributed by atoms with Crippen molar-refractivity contribution in [2.45, 2.75) is 60.7 Å². The molecule has 2 heterocycles. The van der Waals surface area contributed by atoms with Gasteiger partial charge in [0, 0.05) is 41.1 Å². The number of amides is 1. The van der Waals surface area contributed by atoms with Gasteiger partial charge in [0.05, 0.1) is 5.56 Å². The summed E-state index contributed by atoms with van der Waals surface area (Å²) in [5.74, 6) is 1.06. The molecule has 6 rings (SSSR count). The molecule has 2 fully saturated rings. The lowest BCUT2D eigenvalue weighted by Crippen LogP contribution is -2.49. The molecule has 0 aromatic heterocycles. The van der Waals surface area contributed by atoms with E-state index in [1.807, 2.05) is 35.2 Å². The molecule has 0 spiro atoms. The molecule has 200 valence electrons. The molecular weight excluding hydrogens is 519 g/mol. The second-order valence-corrected chi connectivity index (χ2v) is 11.3. The Hall–Kier alpha value is -3.45. The first kappa shape index (κ1) is 25.8. The summed E-state index contributed by atoms with van der Waals surface area (Å²) in [6.45, 7) is 0. The van der Waals surface area contributed by atoms with Crippen molar-refractivity contribution < 1.29 is 22.7 Å². The van der Waals surface area contributed by atoms with E-state index in [1.165, 1.54) is 21.7 Å². The van der Waals surface area contributed by atoms with E-state index < -0.39 is 11.7 Å². The zero-order valence-electron chi connectivity index (χ0n) is 21.2. The molecular formula is C32H28F3NO2S. The minimum absolute atomic E-state index is 0.0216. The topological polar surface area (TPSA) is 29.5 Å². The number of ether oxygens (including phenoxy) is 1. The molecule has 4 aromatic rings. The molecule has 2 aliphatic heterocycles. The number of benzene rings is 4. The Morgan fingerprint density at radius 2 is 1.56 bits per heavy atom. The summed E-state index contributed by atoms with van der Waals surface area (Å²) in [6.07, 6.45) is -1.59. The summed E-state index contributed by atoms with van der Waals surface area (Å²) in [6, 6.07) is 27.7. The van der Waals surface area contributed by atoms with Crippen LogP contribution >= 0.6 is 11.8 Å². The lowest BCUT2D eigenvalue weighted by molar-refractivity contribution is -0.137. The van der Waals surface area contributed by atoms with E-state index in [4.69, 9.17) is 4.74 Å². The predicted octanol–water partition coefficient (Wildman–Crippen LogP) is 8.37. The highest BCUT2D eigenvalue weighted by molar-refractivity contribution is 7.98. The Labute approximate surface area is 230 Å². The SMILES string of the molecule is O=C(c1ccc(CSc2cccc3ccccc23)cc1)N1C2CCC1CC(Oc1cccc(C(F)(F)F)c1)C2. The molecule has 0 saturated carbocycles. The minimum Gasteiger partial charge on any atom is -0.490 e. The Kier molecular flexibility index (Phi) is 7.02. The monoisotopic (exact) mass is 547 g/mol. The number of alkyl halides is 3. The highest BCUT2D eigenvalue weighted by Crippen LogP contribution is 2.39. The number of fused-ring (bicyclic) bond motifs is 3. The van der Waals surface area contributed by atoms with Gasteiger partial charge in [-0.1, -0.05) is 54.6 Å². The van der Waals surface area contributed by atoms with Crippen LogP contribution in [0, 0.1) is 0 Å². The third-order valence-corrected chi connectivity index (χ3v) is 8.88. The molecule has 3 nitrogen and oxygen atoms in total. The zero-order valence-corrected chi connectivity index (χ0v) is 22.1. The summed E-state index contributed by atoms with van der Waals surface area (Å²) in [4.78, 5) is 16.7. The number of carbonyl (C=O) groups is 1. The third kappa shape index (κ3) is 5.50. The number of hydrogen-bond acceptors (Lipinski definition) is 3. The van der Waals surface area contributed by atoms with Gasteiger partial charge in [-0.05, 0) is 65.6 Å². The highest BCUT2D eigenvalue weighted by atomic mass is 32.2. The molecule has 2 bridgehead atoms. The van der Waals surface area contributed by atoms with Crippen molar-refractivity contribution in [1.82, 2.24) is 4.90 Å². The molecule has 2 unspecified atom stereocenters. The van der Waals surface area contributed by atoms with Crippen LogP contribution in [0.3, 0.4) is 0 Å². The molecule has 2 aliphatic rings. The first-order chi connectivity index (χ1) is 18.8. The maximum Gasteiger partial charge on any atom is 0.416 e. The van der Waals surface area contributed by atoms with E-state index in [-0.39, 0.29) is 29.8 Å². The highest BCUT2D eigenvalue weighted by Gasteiger charge is 2.44. The van der Waals surface area contributed by atoms with Gasteiger partial charge in [-0.15, -0.1) is 11.8 Å². The van der Waals surface area contributed by atoms with Crippen LogP contribution in [0.2, 0.25) is 0 Å². The van der Waals surface area contributed by atoms with Gasteiger partial charge in [0.1, 0.15) is 11.9 Å². The van der Waals surface area contributed by atoms with Crippen molar-refractivity contribution >= 4 is 28.4 Å². The van der Waals surface area contributed by atoms with E-state index in [1.54, 1.807) is 17.8 Å². The van der Waals surface area contributed by atoms with Crippen LogP contribution in [0.1, 0.15) is 47.2 Å². The van der Waals surface area contributed by atoms with Gasteiger partial charge in [0.15, 0.2) is 0 Å². The van der Waals surface area contributed by atoms with Crippen LogP contribution in [0.15, 0.2) is 95.9 Å². The van der Waals surface area contributed by atoms with E-state index in [2.05, 4.69) is 36.4 Å². The molecule has 1 amide bonds. The average molecular weight is 548 g/mol. The molecule has 39 heavy (non-hydrogen) atoms. The molecule has 2 saturated heterocycles. The first-order valence-corrected chi connectivity index (χ1v) is 14.2. The number of hydrogen-bond donors (Lipinski definition) is 0. The molecule has 0 radical (unpaired) electrons. The third-order valence-electron chi connectivity index (χ3n) is 7.73. The Morgan fingerprint density at radius 3 is 2.31 bits per heavy atom. The number of thioether (sulfide) groups is 1. The minimum atomic E-state index is -4.40. The van der Waals surface area contributed by atoms with Crippen molar-refractivity contribution in [2.24, 2.45) is 0 Å². The fraction of sp³-hybridized carbons (Fsp3) is 0.281. The summed E-state index contributed by atoms with van der Waals surface area (Å²) in [7, 11) is 0. The first-order valence-electron chi connectivity index (χ1n) is 13.2. The van der Waals surface area contributed by atoms with Crippen LogP contribution in [0.4, 0.5) is 13.2 Å². The summed E-state index contributed by atoms with van der Waals surface area (Å²) in [5.41, 5.74) is 1.11. The van der Waals surface area contributed by atoms with Gasteiger partial charge >= 0.3 is 6.18 Å². The number of halogens is 3. The summed E-state index contributed by atoms with van der Waals surface area (Å²) in [5, 5.41) is 2.47. The van der Waals surface area contributed by atoms with Gasteiger partial charge in [0.2, 0.25) is 0 Å². The van der Waals surface area contributed by atoms with Gasteiger partial charge < -0.3 is 9.64 Å². The van der Waals surface area contributed by atoms with Crippen molar-refractivity contribution in [3.63, 3.8) is 0 Å². The van der Waals surface area contributed by atoms with Crippen molar-refractivity contribution in [1.29, 1.82) is 0 Å². The number of nitrogens with zero attached hydrogens (tertiary/aromatic N) is 1. The van der Waals surface area contributed by atoms with Gasteiger partial charge in [-0.2, -0.15) is 13.2 Å². The quantitative estimate of drug-likeness (QED) is 0.227. The molecule has 0 N–H and O–H groups in total. The van der Waals surface area contributed by atoms with Crippen LogP contribution in [-0.2, 0) is 11.9 Å². The summed E-state index contributed by atoms with van der Waals surface area (Å²) < 4.78 is 45.2. The number of piperidine rings is 1. The summed E-state index contributed by atoms with van der Waals surface area (Å²) >= 11 is 1.79. The zero-order chi connectivity index (χ0) is 27.0. The standard InChI is InChI=1S/C32H28F3NO2S/c33-32(34,35)24-7-4-8-27(17-24)38-28-18-25-15-16-26(19-28)36(25)31(37)23-13-11-21(12-14-23)20-39-30-10-3-6-22-5-1-2-9-29(22)30/h1-14,17,25-26,28H,15-16,18-20H2. The normalized spacial score (nSPS) is 20.8. The Bertz CT molecular complexity index is 1470. The van der Waals surface area contributed by atoms with Gasteiger partial charge in [-0.25, -0.2) is 0 Å². The molecule has 4 aromatic carbocycles. The van der Waals surface area contributed by atoms with Crippen molar-refractivity contribution in [3.05, 3.63) is 108 Å². The average Bonchev–Trinajstić information content (AvgIpc) is 3.21. The maximum atomic E-state index is 13.5. The van der Waals surface area contributed by atoms with Crippen LogP contribution in [0.25, 0.3) is 10.8 Å². The smallest absolute Gasteiger partial charge is 0.416 e. The molecule has 2 atom stereocenters. The lowest BCUT2D eigenvalue weighted by Gasteiger charge is -2.39. The van der Waals surface area contributed by atoms with Gasteiger partial charge in [0.25, 0.3) is 5.91 Å². The largest absolute Gasteiger partial charge is 0.490 e. The second-order valence-electron chi connectivity index (χ2n) is 10.3. The number of rotatable bonds is 6. The fourth-order valence-corrected chi connectivity index (χ4v) is 6.90. The van der Waals surface area contributed by atoms with E-state index >= 15 is 0 Å². The molecule has 0 aliphatic carbocycles. The maximum absolute atomic E-state index is 13.5. The fourth-order valence-electron chi connectivity index (χ4n) is 5.87. The van der Waals surface area contributed by atoms with E-state index in [0.29, 0.717) is 18.4 Å². The lowest BCUT2D eigenvalue weighted by atomic mass is 9.98. The van der Waals surface area contributed by atoms with Gasteiger partial charge in [-0.3, -0.25) is 4.79 Å². The van der Waals surface area contributed by atoms with E-state index in [9.17, 15) is 18.0 Å². The number of carbonyl (C=O) groups excluding carboxylic acids is 1. The molecule has 7 heteroatoms. The van der Waals surface area contributed by atoms with Crippen molar-refractivity contribution in [3.8, 4) is 5.75 Å². The van der Waals surface area contributed by atoms with Crippen molar-refractivity contribution in [2.75, 3.05) is 0 Å². The van der Waals surface area contributed by atoms with E-state index in [0.717, 1.165) is 36.3 Å². The second kappa shape index (κ2) is 10.6. The predicted molar refractivity (Wildman–Crippen MR) is 148 cm³/mol. The van der Waals surface area contributed by atoms with Crippen LogP contribution < -0.4 is 4.74 Å².